The monoisotopic (exact) mass is 1250 g/mol. The standard InChI is InChI=1S/C83H159NO5/c1-3-5-7-9-11-13-15-17-19-21-23-24-33-36-40-43-47-51-55-59-63-67-71-75-81(86)80(79-85)84-82(87)76-72-68-64-60-56-52-48-44-41-37-34-31-29-27-25-26-28-30-32-35-38-42-46-50-54-58-62-66-70-74-78-89-83(88)77-73-69-65-61-57-53-49-45-39-22-20-18-16-14-12-10-8-6-4-2/h12,14,18,20,26,28,80-81,85-86H,3-11,13,15-17,19,21-25,27,29-79H2,1-2H3,(H,84,87)/b14-12-,20-18-,28-26-. The second kappa shape index (κ2) is 78.5. The summed E-state index contributed by atoms with van der Waals surface area (Å²) in [6.07, 6.45) is 102. The molecule has 6 heteroatoms. The number of allylic oxidation sites excluding steroid dienone is 6. The molecule has 1 amide bonds. The van der Waals surface area contributed by atoms with Gasteiger partial charge < -0.3 is 20.3 Å². The summed E-state index contributed by atoms with van der Waals surface area (Å²) in [6.45, 7) is 4.98. The van der Waals surface area contributed by atoms with Crippen molar-refractivity contribution >= 4 is 11.9 Å². The number of unbranched alkanes of at least 4 members (excludes halogenated alkanes) is 60. The van der Waals surface area contributed by atoms with Gasteiger partial charge in [-0.15, -0.1) is 0 Å². The molecule has 0 rings (SSSR count). The van der Waals surface area contributed by atoms with Gasteiger partial charge in [0.05, 0.1) is 25.4 Å². The maximum atomic E-state index is 12.6. The van der Waals surface area contributed by atoms with Crippen molar-refractivity contribution in [1.82, 2.24) is 5.32 Å². The Kier molecular flexibility index (Phi) is 76.8. The summed E-state index contributed by atoms with van der Waals surface area (Å²) >= 11 is 0. The average Bonchev–Trinajstić information content (AvgIpc) is 3.60. The van der Waals surface area contributed by atoms with E-state index < -0.39 is 12.1 Å². The molecule has 3 N–H and O–H groups in total. The Balaban J connectivity index is 3.36. The van der Waals surface area contributed by atoms with Gasteiger partial charge in [-0.3, -0.25) is 9.59 Å². The van der Waals surface area contributed by atoms with E-state index in [0.29, 0.717) is 25.9 Å². The van der Waals surface area contributed by atoms with E-state index in [1.807, 2.05) is 0 Å². The summed E-state index contributed by atoms with van der Waals surface area (Å²) in [7, 11) is 0. The molecule has 0 aromatic rings. The van der Waals surface area contributed by atoms with Crippen LogP contribution in [0.25, 0.3) is 0 Å². The van der Waals surface area contributed by atoms with Crippen molar-refractivity contribution < 1.29 is 24.5 Å². The van der Waals surface area contributed by atoms with Crippen molar-refractivity contribution in [3.63, 3.8) is 0 Å². The van der Waals surface area contributed by atoms with E-state index in [4.69, 9.17) is 4.74 Å². The van der Waals surface area contributed by atoms with E-state index >= 15 is 0 Å². The molecule has 0 aliphatic rings. The van der Waals surface area contributed by atoms with Gasteiger partial charge in [-0.05, 0) is 83.5 Å². The minimum atomic E-state index is -0.665. The highest BCUT2D eigenvalue weighted by Gasteiger charge is 2.20. The predicted molar refractivity (Wildman–Crippen MR) is 393 cm³/mol. The third-order valence-corrected chi connectivity index (χ3v) is 19.2. The molecule has 0 fully saturated rings. The fraction of sp³-hybridized carbons (Fsp3) is 0.904. The van der Waals surface area contributed by atoms with Crippen LogP contribution in [0.3, 0.4) is 0 Å². The minimum absolute atomic E-state index is 0.0143. The zero-order valence-electron chi connectivity index (χ0n) is 60.4. The number of hydrogen-bond acceptors (Lipinski definition) is 5. The van der Waals surface area contributed by atoms with E-state index in [-0.39, 0.29) is 18.5 Å². The van der Waals surface area contributed by atoms with Crippen LogP contribution >= 0.6 is 0 Å². The number of ether oxygens (including phenoxy) is 1. The predicted octanol–water partition coefficient (Wildman–Crippen LogP) is 27.0. The summed E-state index contributed by atoms with van der Waals surface area (Å²) < 4.78 is 5.51. The van der Waals surface area contributed by atoms with E-state index in [9.17, 15) is 19.8 Å². The fourth-order valence-corrected chi connectivity index (χ4v) is 13.0. The smallest absolute Gasteiger partial charge is 0.305 e. The van der Waals surface area contributed by atoms with Crippen LogP contribution in [0.5, 0.6) is 0 Å². The number of amides is 1. The van der Waals surface area contributed by atoms with Crippen molar-refractivity contribution in [2.45, 2.75) is 469 Å². The van der Waals surface area contributed by atoms with Crippen LogP contribution in [0.4, 0.5) is 0 Å². The van der Waals surface area contributed by atoms with Crippen LogP contribution in [-0.2, 0) is 14.3 Å². The Hall–Kier alpha value is -1.92. The molecule has 0 saturated carbocycles. The number of carbonyl (C=O) groups excluding carboxylic acids is 2. The normalized spacial score (nSPS) is 12.6. The third kappa shape index (κ3) is 75.0. The molecule has 0 aliphatic heterocycles. The summed E-state index contributed by atoms with van der Waals surface area (Å²) in [4.78, 5) is 24.7. The number of esters is 1. The van der Waals surface area contributed by atoms with Gasteiger partial charge in [-0.1, -0.05) is 397 Å². The quantitative estimate of drug-likeness (QED) is 0.0320. The number of rotatable bonds is 77. The molecule has 0 aromatic carbocycles. The number of aliphatic hydroxyl groups is 2. The molecule has 2 atom stereocenters. The van der Waals surface area contributed by atoms with Crippen molar-refractivity contribution in [2.75, 3.05) is 13.2 Å². The van der Waals surface area contributed by atoms with Crippen LogP contribution in [0, 0.1) is 0 Å². The van der Waals surface area contributed by atoms with Gasteiger partial charge in [-0.2, -0.15) is 0 Å². The van der Waals surface area contributed by atoms with E-state index in [1.54, 1.807) is 0 Å². The average molecular weight is 1250 g/mol. The van der Waals surface area contributed by atoms with Crippen LogP contribution in [-0.4, -0.2) is 47.4 Å². The Bertz CT molecular complexity index is 1440. The molecular weight excluding hydrogens is 1090 g/mol. The van der Waals surface area contributed by atoms with Gasteiger partial charge in [0.1, 0.15) is 0 Å². The Morgan fingerprint density at radius 3 is 0.888 bits per heavy atom. The van der Waals surface area contributed by atoms with Gasteiger partial charge >= 0.3 is 5.97 Å². The molecule has 6 nitrogen and oxygen atoms in total. The topological polar surface area (TPSA) is 95.9 Å². The Morgan fingerprint density at radius 2 is 0.562 bits per heavy atom. The number of aliphatic hydroxyl groups excluding tert-OH is 2. The third-order valence-electron chi connectivity index (χ3n) is 19.2. The van der Waals surface area contributed by atoms with Crippen molar-refractivity contribution in [2.24, 2.45) is 0 Å². The van der Waals surface area contributed by atoms with Gasteiger partial charge in [0.2, 0.25) is 5.91 Å². The molecule has 89 heavy (non-hydrogen) atoms. The van der Waals surface area contributed by atoms with Gasteiger partial charge in [0, 0.05) is 12.8 Å². The van der Waals surface area contributed by atoms with Crippen LogP contribution in [0.1, 0.15) is 457 Å². The lowest BCUT2D eigenvalue weighted by molar-refractivity contribution is -0.143. The summed E-state index contributed by atoms with van der Waals surface area (Å²) in [5, 5.41) is 23.5. The van der Waals surface area contributed by atoms with Crippen molar-refractivity contribution in [3.8, 4) is 0 Å². The maximum Gasteiger partial charge on any atom is 0.305 e. The molecule has 0 spiro atoms. The summed E-state index contributed by atoms with van der Waals surface area (Å²) in [6, 6.07) is -0.542. The fourth-order valence-electron chi connectivity index (χ4n) is 13.0. The van der Waals surface area contributed by atoms with E-state index in [0.717, 1.165) is 51.4 Å². The molecule has 0 aromatic heterocycles. The highest BCUT2D eigenvalue weighted by molar-refractivity contribution is 5.76. The molecule has 0 radical (unpaired) electrons. The van der Waals surface area contributed by atoms with Crippen molar-refractivity contribution in [1.29, 1.82) is 0 Å². The van der Waals surface area contributed by atoms with E-state index in [2.05, 4.69) is 55.6 Å². The molecule has 0 bridgehead atoms. The zero-order chi connectivity index (χ0) is 64.2. The van der Waals surface area contributed by atoms with E-state index in [1.165, 1.54) is 372 Å². The van der Waals surface area contributed by atoms with Crippen LogP contribution in [0.15, 0.2) is 36.5 Å². The number of carbonyl (C=O) groups is 2. The first-order valence-electron chi connectivity index (χ1n) is 40.7. The van der Waals surface area contributed by atoms with Crippen molar-refractivity contribution in [3.05, 3.63) is 36.5 Å². The highest BCUT2D eigenvalue weighted by Crippen LogP contribution is 2.20. The lowest BCUT2D eigenvalue weighted by Crippen LogP contribution is -2.45. The number of nitrogens with one attached hydrogen (secondary N) is 1. The molecule has 0 aliphatic carbocycles. The first-order chi connectivity index (χ1) is 44.0. The summed E-state index contributed by atoms with van der Waals surface area (Å²) in [5.74, 6) is -0.0138. The molecule has 2 unspecified atom stereocenters. The minimum Gasteiger partial charge on any atom is -0.466 e. The second-order valence-corrected chi connectivity index (χ2v) is 28.1. The SMILES string of the molecule is CCCCC/C=C\C/C=C\CCCCCCCCCCCC(=O)OCCCCCCCCCCCCCC/C=C\CCCCCCCCCCCCCCCCC(=O)NC(CO)C(O)CCCCCCCCCCCCCCCCCCCCCCCCC. The zero-order valence-corrected chi connectivity index (χ0v) is 60.4. The van der Waals surface area contributed by atoms with Gasteiger partial charge in [-0.25, -0.2) is 0 Å². The Labute approximate surface area is 557 Å². The Morgan fingerprint density at radius 1 is 0.315 bits per heavy atom. The second-order valence-electron chi connectivity index (χ2n) is 28.1. The first kappa shape index (κ1) is 87.1. The highest BCUT2D eigenvalue weighted by atomic mass is 16.5. The first-order valence-corrected chi connectivity index (χ1v) is 40.7. The van der Waals surface area contributed by atoms with Gasteiger partial charge in [0.25, 0.3) is 0 Å². The summed E-state index contributed by atoms with van der Waals surface area (Å²) in [5.41, 5.74) is 0. The number of hydrogen-bond donors (Lipinski definition) is 3. The van der Waals surface area contributed by atoms with Crippen LogP contribution < -0.4 is 5.32 Å². The van der Waals surface area contributed by atoms with Crippen LogP contribution in [0.2, 0.25) is 0 Å². The molecule has 0 saturated heterocycles. The largest absolute Gasteiger partial charge is 0.466 e. The maximum absolute atomic E-state index is 12.6. The molecule has 0 heterocycles. The molecule has 526 valence electrons. The lowest BCUT2D eigenvalue weighted by Gasteiger charge is -2.22. The lowest BCUT2D eigenvalue weighted by atomic mass is 10.0. The molecular formula is C83H159NO5. The van der Waals surface area contributed by atoms with Gasteiger partial charge in [0.15, 0.2) is 0 Å².